The van der Waals surface area contributed by atoms with E-state index in [2.05, 4.69) is 33.5 Å². The fourth-order valence-electron chi connectivity index (χ4n) is 4.83. The lowest BCUT2D eigenvalue weighted by Crippen LogP contribution is -2.52. The van der Waals surface area contributed by atoms with Gasteiger partial charge in [-0.15, -0.1) is 0 Å². The van der Waals surface area contributed by atoms with E-state index in [-0.39, 0.29) is 6.04 Å². The molecule has 34 heavy (non-hydrogen) atoms. The number of piperazine rings is 1. The van der Waals surface area contributed by atoms with Gasteiger partial charge in [-0.05, 0) is 57.0 Å². The minimum absolute atomic E-state index is 0.128. The fourth-order valence-corrected chi connectivity index (χ4v) is 5.07. The Kier molecular flexibility index (Phi) is 6.25. The number of halogens is 3. The molecule has 2 aliphatic rings. The van der Waals surface area contributed by atoms with Crippen LogP contribution in [-0.2, 0) is 0 Å². The van der Waals surface area contributed by atoms with Gasteiger partial charge in [0.2, 0.25) is 5.95 Å². The molecule has 2 atom stereocenters. The molecule has 0 spiro atoms. The summed E-state index contributed by atoms with van der Waals surface area (Å²) in [6, 6.07) is 9.90. The molecular weight excluding hydrogens is 458 g/mol. The zero-order valence-electron chi connectivity index (χ0n) is 19.3. The van der Waals surface area contributed by atoms with Gasteiger partial charge in [-0.25, -0.2) is 18.7 Å². The zero-order chi connectivity index (χ0) is 23.8. The van der Waals surface area contributed by atoms with E-state index in [1.165, 1.54) is 6.07 Å². The van der Waals surface area contributed by atoms with Crippen LogP contribution in [0.3, 0.4) is 0 Å². The quantitative estimate of drug-likeness (QED) is 0.509. The van der Waals surface area contributed by atoms with Crippen LogP contribution in [0.25, 0.3) is 11.3 Å². The van der Waals surface area contributed by atoms with Crippen molar-refractivity contribution in [3.05, 3.63) is 59.3 Å². The fraction of sp³-hybridized carbons (Fsp3) is 0.400. The molecule has 1 aromatic carbocycles. The summed E-state index contributed by atoms with van der Waals surface area (Å²) in [5.74, 6) is 0.437. The third-order valence-corrected chi connectivity index (χ3v) is 6.98. The van der Waals surface area contributed by atoms with E-state index in [1.54, 1.807) is 12.3 Å². The van der Waals surface area contributed by atoms with Crippen molar-refractivity contribution >= 4 is 29.2 Å². The maximum absolute atomic E-state index is 14.0. The van der Waals surface area contributed by atoms with Crippen LogP contribution >= 0.6 is 11.6 Å². The Balaban J connectivity index is 1.49. The molecule has 2 fully saturated rings. The molecule has 0 N–H and O–H groups in total. The van der Waals surface area contributed by atoms with Crippen molar-refractivity contribution in [3.8, 4) is 11.3 Å². The summed E-state index contributed by atoms with van der Waals surface area (Å²) < 4.78 is 27.6. The molecule has 2 saturated heterocycles. The van der Waals surface area contributed by atoms with Crippen LogP contribution < -0.4 is 14.7 Å². The highest BCUT2D eigenvalue weighted by Crippen LogP contribution is 2.32. The van der Waals surface area contributed by atoms with Crippen molar-refractivity contribution in [3.63, 3.8) is 0 Å². The van der Waals surface area contributed by atoms with Gasteiger partial charge in [-0.1, -0.05) is 11.6 Å². The van der Waals surface area contributed by atoms with Gasteiger partial charge < -0.3 is 14.7 Å². The lowest BCUT2D eigenvalue weighted by atomic mass is 10.1. The zero-order valence-corrected chi connectivity index (χ0v) is 20.0. The molecule has 5 rings (SSSR count). The summed E-state index contributed by atoms with van der Waals surface area (Å²) in [4.78, 5) is 20.8. The molecule has 6 nitrogen and oxygen atoms in total. The Bertz CT molecular complexity index is 1190. The molecule has 0 bridgehead atoms. The number of benzene rings is 1. The molecule has 2 aliphatic heterocycles. The first-order valence-electron chi connectivity index (χ1n) is 11.6. The second-order valence-electron chi connectivity index (χ2n) is 9.02. The molecule has 2 aromatic heterocycles. The molecule has 2 unspecified atom stereocenters. The van der Waals surface area contributed by atoms with Crippen LogP contribution in [0.5, 0.6) is 0 Å². The SMILES string of the molecule is CC1CN(c2ncccc2Cl)CCN1c1cc(-c2ccc(F)c(F)c2)nc(N2CCCC2C)n1. The Morgan fingerprint density at radius 2 is 1.79 bits per heavy atom. The summed E-state index contributed by atoms with van der Waals surface area (Å²) >= 11 is 6.38. The van der Waals surface area contributed by atoms with Crippen molar-refractivity contribution in [2.45, 2.75) is 38.8 Å². The molecule has 0 aliphatic carbocycles. The van der Waals surface area contributed by atoms with Crippen LogP contribution in [0.15, 0.2) is 42.6 Å². The maximum Gasteiger partial charge on any atom is 0.228 e. The molecular formula is C25H27ClF2N6. The minimum Gasteiger partial charge on any atom is -0.352 e. The van der Waals surface area contributed by atoms with E-state index >= 15 is 0 Å². The third-order valence-electron chi connectivity index (χ3n) is 6.69. The molecule has 178 valence electrons. The Morgan fingerprint density at radius 3 is 2.50 bits per heavy atom. The Morgan fingerprint density at radius 1 is 0.941 bits per heavy atom. The van der Waals surface area contributed by atoms with Gasteiger partial charge in [-0.2, -0.15) is 4.98 Å². The smallest absolute Gasteiger partial charge is 0.228 e. The highest BCUT2D eigenvalue weighted by atomic mass is 35.5. The summed E-state index contributed by atoms with van der Waals surface area (Å²) in [5, 5.41) is 0.635. The van der Waals surface area contributed by atoms with Gasteiger partial charge >= 0.3 is 0 Å². The van der Waals surface area contributed by atoms with Gasteiger partial charge in [-0.3, -0.25) is 0 Å². The number of pyridine rings is 1. The van der Waals surface area contributed by atoms with Gasteiger partial charge in [0.1, 0.15) is 11.6 Å². The summed E-state index contributed by atoms with van der Waals surface area (Å²) in [6.45, 7) is 7.37. The van der Waals surface area contributed by atoms with Crippen molar-refractivity contribution in [1.82, 2.24) is 15.0 Å². The first-order valence-corrected chi connectivity index (χ1v) is 12.0. The predicted molar refractivity (Wildman–Crippen MR) is 132 cm³/mol. The van der Waals surface area contributed by atoms with E-state index in [4.69, 9.17) is 21.6 Å². The number of rotatable bonds is 4. The maximum atomic E-state index is 14.0. The normalized spacial score (nSPS) is 20.8. The van der Waals surface area contributed by atoms with E-state index in [0.717, 1.165) is 56.7 Å². The minimum atomic E-state index is -0.886. The second-order valence-corrected chi connectivity index (χ2v) is 9.43. The van der Waals surface area contributed by atoms with Crippen LogP contribution in [0.1, 0.15) is 26.7 Å². The standard InChI is InChI=1S/C25H27ClF2N6/c1-16-5-4-10-34(16)25-30-22(18-7-8-20(27)21(28)13-18)14-23(31-25)33-12-11-32(15-17(33)2)24-19(26)6-3-9-29-24/h3,6-9,13-14,16-17H,4-5,10-12,15H2,1-2H3. The largest absolute Gasteiger partial charge is 0.352 e. The number of nitrogens with zero attached hydrogens (tertiary/aromatic N) is 6. The average Bonchev–Trinajstić information content (AvgIpc) is 3.26. The molecule has 0 amide bonds. The summed E-state index contributed by atoms with van der Waals surface area (Å²) in [5.41, 5.74) is 1.11. The number of aromatic nitrogens is 3. The molecule has 4 heterocycles. The van der Waals surface area contributed by atoms with Crippen LogP contribution in [0.4, 0.5) is 26.4 Å². The third kappa shape index (κ3) is 4.39. The first kappa shape index (κ1) is 22.8. The van der Waals surface area contributed by atoms with Crippen molar-refractivity contribution in [1.29, 1.82) is 0 Å². The highest BCUT2D eigenvalue weighted by Gasteiger charge is 2.29. The summed E-state index contributed by atoms with van der Waals surface area (Å²) in [7, 11) is 0. The van der Waals surface area contributed by atoms with Gasteiger partial charge in [0.25, 0.3) is 0 Å². The molecule has 9 heteroatoms. The number of hydrogen-bond acceptors (Lipinski definition) is 6. The Labute approximate surface area is 203 Å². The van der Waals surface area contributed by atoms with E-state index in [0.29, 0.717) is 28.3 Å². The molecule has 0 saturated carbocycles. The highest BCUT2D eigenvalue weighted by molar-refractivity contribution is 6.32. The molecule has 3 aromatic rings. The second kappa shape index (κ2) is 9.33. The van der Waals surface area contributed by atoms with E-state index in [9.17, 15) is 8.78 Å². The van der Waals surface area contributed by atoms with Gasteiger partial charge in [0, 0.05) is 56.1 Å². The topological polar surface area (TPSA) is 48.4 Å². The van der Waals surface area contributed by atoms with Crippen LogP contribution in [0.2, 0.25) is 5.02 Å². The summed E-state index contributed by atoms with van der Waals surface area (Å²) in [6.07, 6.45) is 3.91. The van der Waals surface area contributed by atoms with Crippen LogP contribution in [0, 0.1) is 11.6 Å². The van der Waals surface area contributed by atoms with Crippen LogP contribution in [-0.4, -0.2) is 53.2 Å². The number of hydrogen-bond donors (Lipinski definition) is 0. The average molecular weight is 485 g/mol. The van der Waals surface area contributed by atoms with Crippen molar-refractivity contribution in [2.75, 3.05) is 40.9 Å². The number of anilines is 3. The molecule has 0 radical (unpaired) electrons. The van der Waals surface area contributed by atoms with Gasteiger partial charge in [0.05, 0.1) is 10.7 Å². The first-order chi connectivity index (χ1) is 16.4. The Hall–Kier alpha value is -3.00. The van der Waals surface area contributed by atoms with Gasteiger partial charge in [0.15, 0.2) is 11.6 Å². The van der Waals surface area contributed by atoms with E-state index in [1.807, 2.05) is 18.2 Å². The van der Waals surface area contributed by atoms with E-state index < -0.39 is 11.6 Å². The predicted octanol–water partition coefficient (Wildman–Crippen LogP) is 5.17. The lowest BCUT2D eigenvalue weighted by molar-refractivity contribution is 0.509. The van der Waals surface area contributed by atoms with Crippen molar-refractivity contribution < 1.29 is 8.78 Å². The lowest BCUT2D eigenvalue weighted by Gasteiger charge is -2.41. The monoisotopic (exact) mass is 484 g/mol. The van der Waals surface area contributed by atoms with Crippen molar-refractivity contribution in [2.24, 2.45) is 0 Å².